The number of hydrogen-bond acceptors (Lipinski definition) is 2. The normalized spacial score (nSPS) is 22.6. The van der Waals surface area contributed by atoms with Crippen molar-refractivity contribution in [1.29, 1.82) is 0 Å². The van der Waals surface area contributed by atoms with Crippen molar-refractivity contribution >= 4 is 0 Å². The Kier molecular flexibility index (Phi) is 6.26. The lowest BCUT2D eigenvalue weighted by Crippen LogP contribution is -2.18. The molecule has 0 spiro atoms. The number of hydrogen-bond donors (Lipinski definition) is 1. The molecule has 2 unspecified atom stereocenters. The predicted molar refractivity (Wildman–Crippen MR) is 62.9 cm³/mol. The van der Waals surface area contributed by atoms with E-state index in [0.717, 1.165) is 24.9 Å². The molecular formula is C13H26O2. The highest BCUT2D eigenvalue weighted by molar-refractivity contribution is 4.71. The molecule has 0 aliphatic heterocycles. The standard InChI is InChI=1S/C13H26O2/c1-11(8-9-15-10-12(2)14)13-6-4-3-5-7-13/h11-14H,3-10H2,1-2H3. The molecule has 2 atom stereocenters. The van der Waals surface area contributed by atoms with E-state index in [-0.39, 0.29) is 6.10 Å². The zero-order chi connectivity index (χ0) is 11.1. The number of aliphatic hydroxyl groups is 1. The quantitative estimate of drug-likeness (QED) is 0.689. The van der Waals surface area contributed by atoms with E-state index < -0.39 is 0 Å². The highest BCUT2D eigenvalue weighted by atomic mass is 16.5. The first kappa shape index (κ1) is 13.0. The van der Waals surface area contributed by atoms with Crippen molar-refractivity contribution in [1.82, 2.24) is 0 Å². The Morgan fingerprint density at radius 3 is 2.47 bits per heavy atom. The van der Waals surface area contributed by atoms with Crippen LogP contribution in [-0.2, 0) is 4.74 Å². The molecule has 0 amide bonds. The monoisotopic (exact) mass is 214 g/mol. The van der Waals surface area contributed by atoms with Crippen LogP contribution in [-0.4, -0.2) is 24.4 Å². The van der Waals surface area contributed by atoms with Crippen LogP contribution in [0.3, 0.4) is 0 Å². The topological polar surface area (TPSA) is 29.5 Å². The molecule has 0 heterocycles. The molecule has 0 aromatic rings. The van der Waals surface area contributed by atoms with Gasteiger partial charge in [-0.3, -0.25) is 0 Å². The Hall–Kier alpha value is -0.0800. The summed E-state index contributed by atoms with van der Waals surface area (Å²) >= 11 is 0. The van der Waals surface area contributed by atoms with Crippen molar-refractivity contribution in [2.75, 3.05) is 13.2 Å². The largest absolute Gasteiger partial charge is 0.391 e. The first-order valence-electron chi connectivity index (χ1n) is 6.46. The lowest BCUT2D eigenvalue weighted by molar-refractivity contribution is 0.0368. The summed E-state index contributed by atoms with van der Waals surface area (Å²) in [6.07, 6.45) is 7.93. The number of rotatable bonds is 6. The molecule has 0 aromatic heterocycles. The van der Waals surface area contributed by atoms with E-state index in [1.165, 1.54) is 32.1 Å². The minimum Gasteiger partial charge on any atom is -0.391 e. The average Bonchev–Trinajstić information content (AvgIpc) is 2.25. The second kappa shape index (κ2) is 7.24. The molecule has 2 nitrogen and oxygen atoms in total. The lowest BCUT2D eigenvalue weighted by atomic mass is 9.80. The molecular weight excluding hydrogens is 188 g/mol. The van der Waals surface area contributed by atoms with Gasteiger partial charge in [0.2, 0.25) is 0 Å². The first-order chi connectivity index (χ1) is 7.20. The highest BCUT2D eigenvalue weighted by Crippen LogP contribution is 2.31. The van der Waals surface area contributed by atoms with E-state index in [4.69, 9.17) is 9.84 Å². The Morgan fingerprint density at radius 1 is 1.20 bits per heavy atom. The van der Waals surface area contributed by atoms with Crippen molar-refractivity contribution in [2.24, 2.45) is 11.8 Å². The SMILES string of the molecule is CC(O)COCCC(C)C1CCCCC1. The zero-order valence-corrected chi connectivity index (χ0v) is 10.2. The van der Waals surface area contributed by atoms with Crippen LogP contribution >= 0.6 is 0 Å². The molecule has 2 heteroatoms. The maximum absolute atomic E-state index is 9.04. The van der Waals surface area contributed by atoms with Gasteiger partial charge in [-0.2, -0.15) is 0 Å². The predicted octanol–water partition coefficient (Wildman–Crippen LogP) is 2.99. The Morgan fingerprint density at radius 2 is 1.87 bits per heavy atom. The smallest absolute Gasteiger partial charge is 0.0745 e. The van der Waals surface area contributed by atoms with Gasteiger partial charge in [0.25, 0.3) is 0 Å². The van der Waals surface area contributed by atoms with Gasteiger partial charge in [-0.25, -0.2) is 0 Å². The summed E-state index contributed by atoms with van der Waals surface area (Å²) < 4.78 is 5.41. The van der Waals surface area contributed by atoms with Gasteiger partial charge in [-0.1, -0.05) is 39.0 Å². The summed E-state index contributed by atoms with van der Waals surface area (Å²) in [5.41, 5.74) is 0. The fraction of sp³-hybridized carbons (Fsp3) is 1.00. The second-order valence-corrected chi connectivity index (χ2v) is 5.09. The van der Waals surface area contributed by atoms with Crippen LogP contribution in [0, 0.1) is 11.8 Å². The van der Waals surface area contributed by atoms with Gasteiger partial charge in [-0.15, -0.1) is 0 Å². The van der Waals surface area contributed by atoms with Crippen LogP contribution in [0.25, 0.3) is 0 Å². The van der Waals surface area contributed by atoms with Crippen LogP contribution in [0.1, 0.15) is 52.4 Å². The van der Waals surface area contributed by atoms with Crippen LogP contribution in [0.15, 0.2) is 0 Å². The fourth-order valence-electron chi connectivity index (χ4n) is 2.46. The van der Waals surface area contributed by atoms with Gasteiger partial charge >= 0.3 is 0 Å². The van der Waals surface area contributed by atoms with E-state index in [1.54, 1.807) is 6.92 Å². The van der Waals surface area contributed by atoms with Gasteiger partial charge < -0.3 is 9.84 Å². The van der Waals surface area contributed by atoms with Crippen LogP contribution in [0.5, 0.6) is 0 Å². The minimum atomic E-state index is -0.324. The zero-order valence-electron chi connectivity index (χ0n) is 10.2. The average molecular weight is 214 g/mol. The summed E-state index contributed by atoms with van der Waals surface area (Å²) in [6, 6.07) is 0. The van der Waals surface area contributed by atoms with Gasteiger partial charge in [0, 0.05) is 6.61 Å². The van der Waals surface area contributed by atoms with E-state index in [2.05, 4.69) is 6.92 Å². The molecule has 0 radical (unpaired) electrons. The van der Waals surface area contributed by atoms with Crippen molar-refractivity contribution in [2.45, 2.75) is 58.5 Å². The van der Waals surface area contributed by atoms with E-state index in [9.17, 15) is 0 Å². The molecule has 0 aromatic carbocycles. The molecule has 1 aliphatic rings. The lowest BCUT2D eigenvalue weighted by Gasteiger charge is -2.27. The molecule has 15 heavy (non-hydrogen) atoms. The van der Waals surface area contributed by atoms with E-state index in [0.29, 0.717) is 6.61 Å². The fourth-order valence-corrected chi connectivity index (χ4v) is 2.46. The minimum absolute atomic E-state index is 0.324. The van der Waals surface area contributed by atoms with Gasteiger partial charge in [0.15, 0.2) is 0 Å². The Labute approximate surface area is 94.0 Å². The third kappa shape index (κ3) is 5.53. The molecule has 1 aliphatic carbocycles. The summed E-state index contributed by atoms with van der Waals surface area (Å²) in [5, 5.41) is 9.04. The van der Waals surface area contributed by atoms with Crippen molar-refractivity contribution < 1.29 is 9.84 Å². The maximum atomic E-state index is 9.04. The Bertz CT molecular complexity index is 151. The maximum Gasteiger partial charge on any atom is 0.0745 e. The van der Waals surface area contributed by atoms with Crippen molar-refractivity contribution in [3.05, 3.63) is 0 Å². The number of ether oxygens (including phenoxy) is 1. The van der Waals surface area contributed by atoms with Crippen LogP contribution < -0.4 is 0 Å². The Balaban J connectivity index is 2.04. The molecule has 1 fully saturated rings. The summed E-state index contributed by atoms with van der Waals surface area (Å²) in [4.78, 5) is 0. The van der Waals surface area contributed by atoms with Crippen molar-refractivity contribution in [3.8, 4) is 0 Å². The molecule has 1 rings (SSSR count). The second-order valence-electron chi connectivity index (χ2n) is 5.09. The summed E-state index contributed by atoms with van der Waals surface area (Å²) in [6.45, 7) is 5.41. The third-order valence-electron chi connectivity index (χ3n) is 3.53. The summed E-state index contributed by atoms with van der Waals surface area (Å²) in [7, 11) is 0. The molecule has 0 bridgehead atoms. The summed E-state index contributed by atoms with van der Waals surface area (Å²) in [5.74, 6) is 1.72. The third-order valence-corrected chi connectivity index (χ3v) is 3.53. The van der Waals surface area contributed by atoms with Gasteiger partial charge in [-0.05, 0) is 25.2 Å². The molecule has 1 N–H and O–H groups in total. The highest BCUT2D eigenvalue weighted by Gasteiger charge is 2.19. The van der Waals surface area contributed by atoms with Gasteiger partial charge in [0.05, 0.1) is 12.7 Å². The van der Waals surface area contributed by atoms with Crippen LogP contribution in [0.4, 0.5) is 0 Å². The first-order valence-corrected chi connectivity index (χ1v) is 6.46. The molecule has 90 valence electrons. The molecule has 1 saturated carbocycles. The van der Waals surface area contributed by atoms with E-state index in [1.807, 2.05) is 0 Å². The van der Waals surface area contributed by atoms with Gasteiger partial charge in [0.1, 0.15) is 0 Å². The molecule has 0 saturated heterocycles. The van der Waals surface area contributed by atoms with Crippen LogP contribution in [0.2, 0.25) is 0 Å². The van der Waals surface area contributed by atoms with Crippen molar-refractivity contribution in [3.63, 3.8) is 0 Å². The number of aliphatic hydroxyl groups excluding tert-OH is 1. The van der Waals surface area contributed by atoms with E-state index >= 15 is 0 Å².